The number of nitrogens with two attached hydrogens (primary N) is 1. The zero-order valence-electron chi connectivity index (χ0n) is 28.3. The molecule has 6 nitrogen and oxygen atoms in total. The minimum absolute atomic E-state index is 0. The molecule has 0 radical (unpaired) electrons. The number of aromatic nitrogens is 2. The van der Waals surface area contributed by atoms with Crippen molar-refractivity contribution in [2.45, 2.75) is 61.8 Å². The summed E-state index contributed by atoms with van der Waals surface area (Å²) in [6.07, 6.45) is 22.5. The molecule has 3 N–H and O–H groups in total. The molecule has 0 unspecified atom stereocenters. The van der Waals surface area contributed by atoms with Crippen molar-refractivity contribution in [3.8, 4) is 131 Å². The number of benzene rings is 1. The van der Waals surface area contributed by atoms with Gasteiger partial charge in [-0.25, -0.2) is 9.97 Å². The predicted molar refractivity (Wildman–Crippen MR) is 239 cm³/mol. The lowest BCUT2D eigenvalue weighted by Gasteiger charge is -2.40. The van der Waals surface area contributed by atoms with E-state index in [9.17, 15) is 0 Å². The fourth-order valence-corrected chi connectivity index (χ4v) is 6.45. The van der Waals surface area contributed by atoms with Gasteiger partial charge in [0.1, 0.15) is 5.82 Å². The number of fused-ring (bicyclic) bond motifs is 1. The molecular weight excluding hydrogens is 677 g/mol. The Labute approximate surface area is 337 Å². The number of thioether (sulfide) groups is 1. The van der Waals surface area contributed by atoms with Gasteiger partial charge in [0.15, 0.2) is 0 Å². The fraction of sp³-hybridized carbons (Fsp3) is 0.273. The summed E-state index contributed by atoms with van der Waals surface area (Å²) in [6.45, 7) is 0. The van der Waals surface area contributed by atoms with E-state index in [0.29, 0.717) is 5.92 Å². The predicted octanol–water partition coefficient (Wildman–Crippen LogP) is 9.10. The molecule has 0 saturated heterocycles. The van der Waals surface area contributed by atoms with Crippen LogP contribution in [-0.4, -0.2) is 15.7 Å². The van der Waals surface area contributed by atoms with Gasteiger partial charge in [0.25, 0.3) is 0 Å². The maximum atomic E-state index is 6.86. The molecule has 5 rings (SSSR count). The van der Waals surface area contributed by atoms with Gasteiger partial charge < -0.3 is 5.73 Å². The Kier molecular flexibility index (Phi) is 19.6. The van der Waals surface area contributed by atoms with Crippen LogP contribution in [-0.2, 0) is 6.42 Å². The topological polar surface area (TPSA) is 112 Å². The van der Waals surface area contributed by atoms with E-state index >= 15 is 0 Å². The smallest absolute Gasteiger partial charge is 0.131 e. The van der Waals surface area contributed by atoms with Gasteiger partial charge in [0.05, 0.1) is 0 Å². The monoisotopic (exact) mass is 732 g/mol. The summed E-state index contributed by atoms with van der Waals surface area (Å²) >= 11 is 1.91. The Morgan fingerprint density at radius 1 is 0.769 bits per heavy atom. The van der Waals surface area contributed by atoms with Gasteiger partial charge in [0.2, 0.25) is 0 Å². The molecule has 1 aromatic carbocycles. The number of terminal acetylenes is 2. The quantitative estimate of drug-likeness (QED) is 0.107. The molecule has 3 aliphatic rings. The number of hydrogen-bond acceptors (Lipinski definition) is 5. The van der Waals surface area contributed by atoms with Crippen molar-refractivity contribution in [3.63, 3.8) is 0 Å². The Bertz CT molecular complexity index is 2230. The number of nitrogens with zero attached hydrogens (tertiary/aromatic N) is 4. The summed E-state index contributed by atoms with van der Waals surface area (Å²) in [7, 11) is 0. The maximum Gasteiger partial charge on any atom is 0.131 e. The summed E-state index contributed by atoms with van der Waals surface area (Å²) in [5, 5.41) is 0. The lowest BCUT2D eigenvalue weighted by molar-refractivity contribution is 0.147. The molecule has 2 fully saturated rings. The first-order valence-electron chi connectivity index (χ1n) is 15.8. The third kappa shape index (κ3) is 14.9. The van der Waals surface area contributed by atoms with E-state index in [1.165, 1.54) is 47.5 Å². The number of hydrogen-bond donors (Lipinski definition) is 2. The lowest BCUT2D eigenvalue weighted by Crippen LogP contribution is -2.35. The van der Waals surface area contributed by atoms with Crippen LogP contribution in [0.4, 0.5) is 0 Å². The van der Waals surface area contributed by atoms with Crippen LogP contribution in [0.5, 0.6) is 0 Å². The molecule has 0 bridgehead atoms. The first kappa shape index (κ1) is 41.6. The minimum Gasteiger partial charge on any atom is -0.323 e. The van der Waals surface area contributed by atoms with E-state index in [0.717, 1.165) is 31.0 Å². The highest BCUT2D eigenvalue weighted by Gasteiger charge is 2.46. The molecule has 0 amide bonds. The van der Waals surface area contributed by atoms with E-state index in [1.54, 1.807) is 4.91 Å². The third-order valence-electron chi connectivity index (χ3n) is 7.98. The second kappa shape index (κ2) is 24.5. The van der Waals surface area contributed by atoms with Crippen molar-refractivity contribution >= 4 is 25.3 Å². The van der Waals surface area contributed by atoms with Crippen LogP contribution in [0.3, 0.4) is 0 Å². The number of rotatable bonds is 4. The molecule has 3 aliphatic carbocycles. The molecule has 2 saturated carbocycles. The highest BCUT2D eigenvalue weighted by atomic mass is 32.2. The zero-order chi connectivity index (χ0) is 36.4. The van der Waals surface area contributed by atoms with Crippen molar-refractivity contribution in [1.29, 1.82) is 5.53 Å². The minimum atomic E-state index is 0. The SMILES string of the molecule is C#CC#CC#CC#CC#CC#CC#CC#CC#CC#CC#C.N[C@H]1c2ccccc2CC12CCC(c1ncc(SCC3CC3)cn1)CC2.S.[HH].[HH].[HH].[HH].[HH].[HH].[HH].[HH].[HH].[HH].[HH].[HH].[N-]=[N+]=N. The zero-order valence-corrected chi connectivity index (χ0v) is 30.1. The van der Waals surface area contributed by atoms with Crippen LogP contribution in [0.25, 0.3) is 10.4 Å². The molecule has 52 heavy (non-hydrogen) atoms. The lowest BCUT2D eigenvalue weighted by atomic mass is 9.66. The summed E-state index contributed by atoms with van der Waals surface area (Å²) in [6, 6.07) is 8.95. The van der Waals surface area contributed by atoms with E-state index in [-0.39, 0.29) is 42.1 Å². The highest BCUT2D eigenvalue weighted by molar-refractivity contribution is 7.99. The van der Waals surface area contributed by atoms with Crippen molar-refractivity contribution in [2.75, 3.05) is 5.75 Å². The van der Waals surface area contributed by atoms with Crippen molar-refractivity contribution in [3.05, 3.63) is 64.1 Å². The van der Waals surface area contributed by atoms with E-state index in [2.05, 4.69) is 143 Å². The molecular formula is C44H56N6S2. The molecule has 2 aromatic rings. The van der Waals surface area contributed by atoms with Crippen LogP contribution >= 0.6 is 25.3 Å². The summed E-state index contributed by atoms with van der Waals surface area (Å²) < 4.78 is 0. The van der Waals surface area contributed by atoms with Gasteiger partial charge >= 0.3 is 0 Å². The Morgan fingerprint density at radius 3 is 1.60 bits per heavy atom. The molecule has 8 heteroatoms. The normalized spacial score (nSPS) is 17.0. The second-order valence-corrected chi connectivity index (χ2v) is 12.3. The molecule has 1 spiro atoms. The molecule has 274 valence electrons. The van der Waals surface area contributed by atoms with Gasteiger partial charge in [0, 0.05) is 75.8 Å². The van der Waals surface area contributed by atoms with E-state index < -0.39 is 0 Å². The van der Waals surface area contributed by atoms with Crippen LogP contribution in [0, 0.1) is 148 Å². The third-order valence-corrected chi connectivity index (χ3v) is 9.16. The van der Waals surface area contributed by atoms with Crippen LogP contribution in [0.2, 0.25) is 0 Å². The Balaban J connectivity index is -0.0000000779. The standard InChI is InChI=1S/C22H27N3S.C22H2.HN3.H2S.12H2/c23-20-19-4-2-1-3-17(19)11-22(20)9-7-16(8-10-22)21-24-12-18(13-25-21)26-14-15-5-6-15;1-3-5-7-9-11-13-15-17-19-21-22-20-18-16-14-12-10-8-6-4-2;1-3-2;;;;;;;;;;;;;/h1-4,12-13,15-16,20H,5-11,14,23H2;1-2H;1H;1H2;12*1H/t16?,20-,22?;;;;;;;;;;;;;;;/m0.............../s1. The first-order valence-corrected chi connectivity index (χ1v) is 16.8. The van der Waals surface area contributed by atoms with Gasteiger partial charge in [-0.1, -0.05) is 24.3 Å². The van der Waals surface area contributed by atoms with E-state index in [1.807, 2.05) is 24.2 Å². The second-order valence-electron chi connectivity index (χ2n) is 11.2. The average Bonchev–Trinajstić information content (AvgIpc) is 3.95. The number of nitrogens with one attached hydrogen (secondary N) is 1. The molecule has 1 atom stereocenters. The van der Waals surface area contributed by atoms with Crippen molar-refractivity contribution in [2.24, 2.45) is 17.1 Å². The largest absolute Gasteiger partial charge is 0.323 e. The van der Waals surface area contributed by atoms with Gasteiger partial charge in [-0.2, -0.15) is 13.5 Å². The maximum absolute atomic E-state index is 6.86. The Morgan fingerprint density at radius 2 is 1.19 bits per heavy atom. The van der Waals surface area contributed by atoms with Crippen LogP contribution < -0.4 is 5.73 Å². The fourth-order valence-electron chi connectivity index (χ4n) is 5.44. The molecule has 0 aliphatic heterocycles. The molecule has 1 heterocycles. The van der Waals surface area contributed by atoms with Crippen molar-refractivity contribution in [1.82, 2.24) is 9.97 Å². The summed E-state index contributed by atoms with van der Waals surface area (Å²) in [4.78, 5) is 12.4. The average molecular weight is 733 g/mol. The van der Waals surface area contributed by atoms with Crippen LogP contribution in [0.1, 0.15) is 84.6 Å². The molecule has 1 aromatic heterocycles. The summed E-state index contributed by atoms with van der Waals surface area (Å²) in [5.41, 5.74) is 22.0. The van der Waals surface area contributed by atoms with Gasteiger partial charge in [-0.3, -0.25) is 0 Å². The van der Waals surface area contributed by atoms with Gasteiger partial charge in [-0.05, 0) is 173 Å². The summed E-state index contributed by atoms with van der Waals surface area (Å²) in [5.74, 6) is 51.9. The van der Waals surface area contributed by atoms with E-state index in [4.69, 9.17) is 39.6 Å². The Hall–Kier alpha value is -6.57. The van der Waals surface area contributed by atoms with Crippen LogP contribution in [0.15, 0.2) is 41.6 Å². The van der Waals surface area contributed by atoms with Gasteiger partial charge in [-0.15, -0.1) is 30.1 Å². The first-order chi connectivity index (χ1) is 25.1. The highest BCUT2D eigenvalue weighted by Crippen LogP contribution is 2.55. The van der Waals surface area contributed by atoms with Crippen molar-refractivity contribution < 1.29 is 17.1 Å².